The highest BCUT2D eigenvalue weighted by Gasteiger charge is 1.56. The van der Waals surface area contributed by atoms with Gasteiger partial charge in [0.1, 0.15) is 0 Å². The SMILES string of the molecule is O=CO.c1c[nH]cn1.c1c[nH]cn1. The van der Waals surface area contributed by atoms with Gasteiger partial charge in [0.05, 0.1) is 12.7 Å². The van der Waals surface area contributed by atoms with E-state index >= 15 is 0 Å². The van der Waals surface area contributed by atoms with E-state index in [9.17, 15) is 0 Å². The summed E-state index contributed by atoms with van der Waals surface area (Å²) in [5.74, 6) is 0. The number of carboxylic acid groups (broad SMARTS) is 1. The van der Waals surface area contributed by atoms with E-state index in [0.29, 0.717) is 0 Å². The molecule has 70 valence electrons. The Labute approximate surface area is 74.7 Å². The number of nitrogens with one attached hydrogen (secondary N) is 2. The van der Waals surface area contributed by atoms with Crippen molar-refractivity contribution in [3.8, 4) is 0 Å². The van der Waals surface area contributed by atoms with Crippen molar-refractivity contribution < 1.29 is 9.90 Å². The molecule has 0 aromatic carbocycles. The number of H-pyrrole nitrogens is 2. The molecule has 2 heterocycles. The fourth-order valence-corrected chi connectivity index (χ4v) is 0.430. The molecule has 0 amide bonds. The Hall–Kier alpha value is -2.11. The quantitative estimate of drug-likeness (QED) is 0.517. The van der Waals surface area contributed by atoms with Crippen molar-refractivity contribution in [1.82, 2.24) is 19.9 Å². The highest BCUT2D eigenvalue weighted by molar-refractivity contribution is 5.32. The molecule has 13 heavy (non-hydrogen) atoms. The molecule has 0 saturated carbocycles. The predicted molar refractivity (Wildman–Crippen MR) is 45.9 cm³/mol. The lowest BCUT2D eigenvalue weighted by Crippen LogP contribution is -1.49. The molecule has 6 heteroatoms. The molecular weight excluding hydrogens is 172 g/mol. The van der Waals surface area contributed by atoms with E-state index in [1.54, 1.807) is 37.4 Å². The van der Waals surface area contributed by atoms with E-state index in [-0.39, 0.29) is 6.47 Å². The average Bonchev–Trinajstić information content (AvgIpc) is 2.85. The summed E-state index contributed by atoms with van der Waals surface area (Å²) in [7, 11) is 0. The Kier molecular flexibility index (Phi) is 8.28. The molecule has 0 bridgehead atoms. The lowest BCUT2D eigenvalue weighted by atomic mass is 11.0. The molecule has 2 aromatic heterocycles. The van der Waals surface area contributed by atoms with Crippen molar-refractivity contribution in [2.75, 3.05) is 0 Å². The second-order valence-corrected chi connectivity index (χ2v) is 1.63. The van der Waals surface area contributed by atoms with Gasteiger partial charge in [0.15, 0.2) is 0 Å². The summed E-state index contributed by atoms with van der Waals surface area (Å²) in [6.45, 7) is -0.250. The molecule has 0 spiro atoms. The number of carbonyl (C=O) groups is 1. The molecular formula is C7H10N4O2. The van der Waals surface area contributed by atoms with E-state index < -0.39 is 0 Å². The standard InChI is InChI=1S/2C3H4N2.CH2O2/c2*1-2-5-3-4-1;2-1-3/h2*1-3H,(H,4,5);1H,(H,2,3). The van der Waals surface area contributed by atoms with Crippen LogP contribution >= 0.6 is 0 Å². The van der Waals surface area contributed by atoms with Gasteiger partial charge in [0, 0.05) is 24.8 Å². The van der Waals surface area contributed by atoms with Crippen molar-refractivity contribution in [2.45, 2.75) is 0 Å². The molecule has 0 atom stereocenters. The van der Waals surface area contributed by atoms with Crippen LogP contribution in [0.2, 0.25) is 0 Å². The van der Waals surface area contributed by atoms with Crippen molar-refractivity contribution in [3.63, 3.8) is 0 Å². The largest absolute Gasteiger partial charge is 0.483 e. The fraction of sp³-hybridized carbons (Fsp3) is 0. The Morgan fingerprint density at radius 1 is 1.08 bits per heavy atom. The number of aromatic amines is 2. The first-order chi connectivity index (χ1) is 6.41. The molecule has 2 aromatic rings. The molecule has 6 nitrogen and oxygen atoms in total. The summed E-state index contributed by atoms with van der Waals surface area (Å²) < 4.78 is 0. The minimum absolute atomic E-state index is 0.250. The zero-order valence-corrected chi connectivity index (χ0v) is 6.79. The minimum Gasteiger partial charge on any atom is -0.483 e. The first kappa shape index (κ1) is 10.9. The summed E-state index contributed by atoms with van der Waals surface area (Å²) in [6, 6.07) is 0. The first-order valence-corrected chi connectivity index (χ1v) is 3.35. The molecule has 0 fully saturated rings. The third-order valence-corrected chi connectivity index (χ3v) is 0.812. The Morgan fingerprint density at radius 2 is 1.46 bits per heavy atom. The minimum atomic E-state index is -0.250. The van der Waals surface area contributed by atoms with Crippen LogP contribution in [0.4, 0.5) is 0 Å². The van der Waals surface area contributed by atoms with E-state index in [2.05, 4.69) is 19.9 Å². The van der Waals surface area contributed by atoms with Crippen LogP contribution in [-0.2, 0) is 4.79 Å². The van der Waals surface area contributed by atoms with E-state index in [4.69, 9.17) is 9.90 Å². The predicted octanol–water partition coefficient (Wildman–Crippen LogP) is 0.520. The average molecular weight is 182 g/mol. The second kappa shape index (κ2) is 9.89. The van der Waals surface area contributed by atoms with Crippen molar-refractivity contribution in [3.05, 3.63) is 37.4 Å². The maximum absolute atomic E-state index is 8.36. The van der Waals surface area contributed by atoms with Gasteiger partial charge in [-0.05, 0) is 0 Å². The van der Waals surface area contributed by atoms with Gasteiger partial charge in [0.2, 0.25) is 0 Å². The van der Waals surface area contributed by atoms with E-state index in [1.165, 1.54) is 0 Å². The summed E-state index contributed by atoms with van der Waals surface area (Å²) >= 11 is 0. The van der Waals surface area contributed by atoms with Gasteiger partial charge in [-0.2, -0.15) is 0 Å². The molecule has 0 aliphatic heterocycles. The maximum Gasteiger partial charge on any atom is 0.290 e. The van der Waals surface area contributed by atoms with Gasteiger partial charge in [-0.15, -0.1) is 0 Å². The lowest BCUT2D eigenvalue weighted by molar-refractivity contribution is -0.122. The summed E-state index contributed by atoms with van der Waals surface area (Å²) in [5.41, 5.74) is 0. The summed E-state index contributed by atoms with van der Waals surface area (Å²) in [4.78, 5) is 21.2. The number of imidazole rings is 2. The number of rotatable bonds is 0. The summed E-state index contributed by atoms with van der Waals surface area (Å²) in [5, 5.41) is 6.89. The Morgan fingerprint density at radius 3 is 1.54 bits per heavy atom. The van der Waals surface area contributed by atoms with Gasteiger partial charge in [-0.1, -0.05) is 0 Å². The lowest BCUT2D eigenvalue weighted by Gasteiger charge is -1.46. The zero-order valence-electron chi connectivity index (χ0n) is 6.79. The van der Waals surface area contributed by atoms with Crippen LogP contribution in [0.3, 0.4) is 0 Å². The molecule has 0 aliphatic rings. The highest BCUT2D eigenvalue weighted by atomic mass is 16.3. The molecule has 0 aliphatic carbocycles. The van der Waals surface area contributed by atoms with Gasteiger partial charge in [-0.3, -0.25) is 4.79 Å². The van der Waals surface area contributed by atoms with Gasteiger partial charge < -0.3 is 15.1 Å². The number of hydrogen-bond donors (Lipinski definition) is 3. The van der Waals surface area contributed by atoms with Crippen molar-refractivity contribution in [2.24, 2.45) is 0 Å². The number of aromatic nitrogens is 4. The normalized spacial score (nSPS) is 7.08. The van der Waals surface area contributed by atoms with Crippen molar-refractivity contribution in [1.29, 1.82) is 0 Å². The third kappa shape index (κ3) is 9.89. The van der Waals surface area contributed by atoms with Crippen LogP contribution in [0.5, 0.6) is 0 Å². The smallest absolute Gasteiger partial charge is 0.290 e. The van der Waals surface area contributed by atoms with Crippen LogP contribution < -0.4 is 0 Å². The molecule has 0 saturated heterocycles. The second-order valence-electron chi connectivity index (χ2n) is 1.63. The van der Waals surface area contributed by atoms with Gasteiger partial charge >= 0.3 is 0 Å². The van der Waals surface area contributed by atoms with Crippen molar-refractivity contribution >= 4 is 6.47 Å². The van der Waals surface area contributed by atoms with Crippen LogP contribution in [0, 0.1) is 0 Å². The third-order valence-electron chi connectivity index (χ3n) is 0.812. The molecule has 0 unspecified atom stereocenters. The Bertz CT molecular complexity index is 193. The monoisotopic (exact) mass is 182 g/mol. The summed E-state index contributed by atoms with van der Waals surface area (Å²) in [6.07, 6.45) is 10.2. The topological polar surface area (TPSA) is 94.7 Å². The van der Waals surface area contributed by atoms with Gasteiger partial charge in [-0.25, -0.2) is 9.97 Å². The van der Waals surface area contributed by atoms with Crippen LogP contribution in [-0.4, -0.2) is 31.5 Å². The molecule has 3 N–H and O–H groups in total. The van der Waals surface area contributed by atoms with E-state index in [0.717, 1.165) is 0 Å². The fourth-order valence-electron chi connectivity index (χ4n) is 0.430. The highest BCUT2D eigenvalue weighted by Crippen LogP contribution is 1.63. The van der Waals surface area contributed by atoms with Crippen LogP contribution in [0.1, 0.15) is 0 Å². The first-order valence-electron chi connectivity index (χ1n) is 3.35. The maximum atomic E-state index is 8.36. The number of hydrogen-bond acceptors (Lipinski definition) is 3. The molecule has 0 radical (unpaired) electrons. The van der Waals surface area contributed by atoms with E-state index in [1.807, 2.05) is 0 Å². The Balaban J connectivity index is 0.000000174. The molecule has 2 rings (SSSR count). The van der Waals surface area contributed by atoms with Crippen LogP contribution in [0.15, 0.2) is 37.4 Å². The number of nitrogens with zero attached hydrogens (tertiary/aromatic N) is 2. The zero-order chi connectivity index (χ0) is 9.78. The van der Waals surface area contributed by atoms with Crippen LogP contribution in [0.25, 0.3) is 0 Å². The van der Waals surface area contributed by atoms with Gasteiger partial charge in [0.25, 0.3) is 6.47 Å².